The zero-order chi connectivity index (χ0) is 12.8. The van der Waals surface area contributed by atoms with Gasteiger partial charge in [-0.2, -0.15) is 0 Å². The van der Waals surface area contributed by atoms with Crippen LogP contribution in [-0.2, 0) is 0 Å². The number of nitrogen functional groups attached to an aromatic ring is 1. The maximum Gasteiger partial charge on any atom is 0.136 e. The van der Waals surface area contributed by atoms with Gasteiger partial charge in [-0.15, -0.1) is 0 Å². The average molecular weight is 237 g/mol. The van der Waals surface area contributed by atoms with Crippen LogP contribution in [0.3, 0.4) is 0 Å². The fourth-order valence-corrected chi connectivity index (χ4v) is 1.94. The predicted molar refractivity (Wildman–Crippen MR) is 70.2 cm³/mol. The maximum atomic E-state index is 13.7. The van der Waals surface area contributed by atoms with Crippen LogP contribution in [0.1, 0.15) is 32.3 Å². The van der Waals surface area contributed by atoms with E-state index in [9.17, 15) is 4.39 Å². The highest BCUT2D eigenvalue weighted by molar-refractivity contribution is 6.00. The molecule has 0 unspecified atom stereocenters. The number of halogens is 1. The highest BCUT2D eigenvalue weighted by Gasteiger charge is 2.15. The van der Waals surface area contributed by atoms with Crippen molar-refractivity contribution >= 4 is 11.5 Å². The minimum absolute atomic E-state index is 0.213. The topological polar surface area (TPSA) is 53.1 Å². The lowest BCUT2D eigenvalue weighted by atomic mass is 10.1. The highest BCUT2D eigenvalue weighted by atomic mass is 19.1. The molecule has 1 aromatic carbocycles. The van der Waals surface area contributed by atoms with E-state index in [4.69, 9.17) is 11.1 Å². The molecule has 0 saturated carbocycles. The first kappa shape index (κ1) is 13.5. The number of hydrogen-bond donors (Lipinski definition) is 2. The van der Waals surface area contributed by atoms with Crippen LogP contribution in [0.25, 0.3) is 0 Å². The lowest BCUT2D eigenvalue weighted by molar-refractivity contribution is 0.622. The van der Waals surface area contributed by atoms with Gasteiger partial charge in [0.05, 0.1) is 11.3 Å². The van der Waals surface area contributed by atoms with Gasteiger partial charge < -0.3 is 10.6 Å². The van der Waals surface area contributed by atoms with Crippen LogP contribution in [0.2, 0.25) is 0 Å². The minimum atomic E-state index is -0.424. The van der Waals surface area contributed by atoms with Crippen molar-refractivity contribution in [1.29, 1.82) is 5.41 Å². The van der Waals surface area contributed by atoms with Gasteiger partial charge in [-0.05, 0) is 25.0 Å². The zero-order valence-corrected chi connectivity index (χ0v) is 10.5. The van der Waals surface area contributed by atoms with Crippen molar-refractivity contribution < 1.29 is 4.39 Å². The molecule has 0 aromatic heterocycles. The number of hydrogen-bond acceptors (Lipinski definition) is 2. The van der Waals surface area contributed by atoms with E-state index in [1.54, 1.807) is 6.07 Å². The summed E-state index contributed by atoms with van der Waals surface area (Å²) in [7, 11) is 0. The standard InChI is InChI=1S/C13H20FN3/c1-3-8-17(9-4-2)11-7-5-6-10(14)12(11)13(15)16/h5-7H,3-4,8-9H2,1-2H3,(H3,15,16). The third-order valence-corrected chi connectivity index (χ3v) is 2.59. The number of rotatable bonds is 6. The Morgan fingerprint density at radius 2 is 1.88 bits per heavy atom. The van der Waals surface area contributed by atoms with E-state index >= 15 is 0 Å². The Bertz CT molecular complexity index is 384. The molecule has 0 bridgehead atoms. The zero-order valence-electron chi connectivity index (χ0n) is 10.5. The Balaban J connectivity index is 3.17. The largest absolute Gasteiger partial charge is 0.384 e. The van der Waals surface area contributed by atoms with E-state index in [-0.39, 0.29) is 11.4 Å². The lowest BCUT2D eigenvalue weighted by Crippen LogP contribution is -2.28. The minimum Gasteiger partial charge on any atom is -0.384 e. The summed E-state index contributed by atoms with van der Waals surface area (Å²) in [6, 6.07) is 4.83. The van der Waals surface area contributed by atoms with Crippen molar-refractivity contribution in [3.63, 3.8) is 0 Å². The molecule has 17 heavy (non-hydrogen) atoms. The Kier molecular flexibility index (Phi) is 4.94. The van der Waals surface area contributed by atoms with Crippen molar-refractivity contribution in [3.8, 4) is 0 Å². The van der Waals surface area contributed by atoms with E-state index in [0.29, 0.717) is 0 Å². The Morgan fingerprint density at radius 1 is 1.29 bits per heavy atom. The first-order valence-corrected chi connectivity index (χ1v) is 5.99. The molecule has 94 valence electrons. The molecule has 4 heteroatoms. The van der Waals surface area contributed by atoms with Crippen LogP contribution >= 0.6 is 0 Å². The third-order valence-electron chi connectivity index (χ3n) is 2.59. The monoisotopic (exact) mass is 237 g/mol. The van der Waals surface area contributed by atoms with Gasteiger partial charge in [0.15, 0.2) is 0 Å². The number of amidine groups is 1. The number of nitrogens with two attached hydrogens (primary N) is 1. The number of benzene rings is 1. The molecule has 0 heterocycles. The van der Waals surface area contributed by atoms with E-state index < -0.39 is 5.82 Å². The Labute approximate surface area is 102 Å². The van der Waals surface area contributed by atoms with Crippen molar-refractivity contribution in [2.75, 3.05) is 18.0 Å². The van der Waals surface area contributed by atoms with Gasteiger partial charge in [0.2, 0.25) is 0 Å². The maximum absolute atomic E-state index is 13.7. The Hall–Kier alpha value is -1.58. The molecule has 0 aliphatic rings. The van der Waals surface area contributed by atoms with Gasteiger partial charge in [0, 0.05) is 13.1 Å². The SMILES string of the molecule is CCCN(CCC)c1cccc(F)c1C(=N)N. The molecule has 0 spiro atoms. The molecule has 0 radical (unpaired) electrons. The molecule has 3 nitrogen and oxygen atoms in total. The van der Waals surface area contributed by atoms with Crippen molar-refractivity contribution in [1.82, 2.24) is 0 Å². The van der Waals surface area contributed by atoms with Crippen LogP contribution in [0.4, 0.5) is 10.1 Å². The second-order valence-corrected chi connectivity index (χ2v) is 4.03. The fraction of sp³-hybridized carbons (Fsp3) is 0.462. The van der Waals surface area contributed by atoms with Gasteiger partial charge >= 0.3 is 0 Å². The molecular weight excluding hydrogens is 217 g/mol. The molecule has 0 saturated heterocycles. The number of nitrogens with one attached hydrogen (secondary N) is 1. The van der Waals surface area contributed by atoms with Gasteiger partial charge in [-0.1, -0.05) is 19.9 Å². The first-order chi connectivity index (χ1) is 8.11. The average Bonchev–Trinajstić information content (AvgIpc) is 2.28. The summed E-state index contributed by atoms with van der Waals surface area (Å²) in [4.78, 5) is 2.08. The van der Waals surface area contributed by atoms with E-state index in [1.165, 1.54) is 6.07 Å². The lowest BCUT2D eigenvalue weighted by Gasteiger charge is -2.26. The molecule has 1 rings (SSSR count). The van der Waals surface area contributed by atoms with E-state index in [1.807, 2.05) is 6.07 Å². The van der Waals surface area contributed by atoms with Gasteiger partial charge in [-0.3, -0.25) is 5.41 Å². The molecule has 3 N–H and O–H groups in total. The summed E-state index contributed by atoms with van der Waals surface area (Å²) >= 11 is 0. The third kappa shape index (κ3) is 3.19. The first-order valence-electron chi connectivity index (χ1n) is 5.99. The van der Waals surface area contributed by atoms with Gasteiger partial charge in [0.25, 0.3) is 0 Å². The summed E-state index contributed by atoms with van der Waals surface area (Å²) in [5.41, 5.74) is 6.40. The predicted octanol–water partition coefficient (Wildman–Crippen LogP) is 2.74. The Morgan fingerprint density at radius 3 is 2.35 bits per heavy atom. The summed E-state index contributed by atoms with van der Waals surface area (Å²) in [6.07, 6.45) is 1.96. The second-order valence-electron chi connectivity index (χ2n) is 4.03. The van der Waals surface area contributed by atoms with Crippen LogP contribution < -0.4 is 10.6 Å². The molecular formula is C13H20FN3. The smallest absolute Gasteiger partial charge is 0.136 e. The highest BCUT2D eigenvalue weighted by Crippen LogP contribution is 2.23. The van der Waals surface area contributed by atoms with Crippen LogP contribution in [0, 0.1) is 11.2 Å². The molecule has 0 aliphatic carbocycles. The summed E-state index contributed by atoms with van der Waals surface area (Å²) in [5, 5.41) is 7.49. The van der Waals surface area contributed by atoms with Crippen molar-refractivity contribution in [2.45, 2.75) is 26.7 Å². The van der Waals surface area contributed by atoms with Crippen LogP contribution in [-0.4, -0.2) is 18.9 Å². The molecule has 1 aromatic rings. The van der Waals surface area contributed by atoms with Crippen LogP contribution in [0.5, 0.6) is 0 Å². The van der Waals surface area contributed by atoms with Gasteiger partial charge in [-0.25, -0.2) is 4.39 Å². The second kappa shape index (κ2) is 6.23. The van der Waals surface area contributed by atoms with E-state index in [0.717, 1.165) is 31.6 Å². The van der Waals surface area contributed by atoms with E-state index in [2.05, 4.69) is 18.7 Å². The summed E-state index contributed by atoms with van der Waals surface area (Å²) < 4.78 is 13.7. The van der Waals surface area contributed by atoms with Crippen molar-refractivity contribution in [2.24, 2.45) is 5.73 Å². The van der Waals surface area contributed by atoms with Gasteiger partial charge in [0.1, 0.15) is 11.7 Å². The normalized spacial score (nSPS) is 10.3. The molecule has 0 fully saturated rings. The molecule has 0 aliphatic heterocycles. The molecule has 0 amide bonds. The number of nitrogens with zero attached hydrogens (tertiary/aromatic N) is 1. The van der Waals surface area contributed by atoms with Crippen LogP contribution in [0.15, 0.2) is 18.2 Å². The van der Waals surface area contributed by atoms with Crippen molar-refractivity contribution in [3.05, 3.63) is 29.6 Å². The molecule has 0 atom stereocenters. The fourth-order valence-electron chi connectivity index (χ4n) is 1.94. The number of anilines is 1. The quantitative estimate of drug-likeness (QED) is 0.590. The summed E-state index contributed by atoms with van der Waals surface area (Å²) in [5.74, 6) is -0.637. The summed E-state index contributed by atoms with van der Waals surface area (Å²) in [6.45, 7) is 5.85.